The molecule has 3 aromatic heterocycles. The first kappa shape index (κ1) is 60.2. The number of fused-ring (bicyclic) bond motifs is 13. The van der Waals surface area contributed by atoms with Gasteiger partial charge in [-0.25, -0.2) is 0 Å². The molecular weight excluding hydrogens is 1550 g/mol. The lowest BCUT2D eigenvalue weighted by Crippen LogP contribution is -2.61. The van der Waals surface area contributed by atoms with Crippen molar-refractivity contribution in [2.45, 2.75) is 209 Å². The van der Waals surface area contributed by atoms with Crippen molar-refractivity contribution in [3.8, 4) is 61.6 Å². The standard InChI is InChI=1S/C122H122BN5/c1-115(2,3)77-55-53-75(54-56-77)93-67-81(119(13,14)15)70-97(95-66-78(116(4,5)6)57-60-99(95)122(22,23)24)113(93)127-108-71-83(124-102-47-33-26-40-87(102)88-41-27-34-48-103(88)124)58-61-100(108)123-101-62-59-84(125-104-49-35-28-42-89(104)90-43-29-36-50-105(90)125)72-109(101)128(111-74-85(73-110(127)112(111)123)126-106-51-37-30-44-91(106)92-45-31-38-52-107(92)126)114-94(76-63-79(117(7,8)9)65-80(64-76)118(10,11)12)68-82(120(16,17)18)69-96(114)86-39-25-32-46-98(86)121(19,20)21/h25-74H,1-24H3/i26D,27D,28D,29D,30D,31D,33D,34D,35D,36D,37D,38D,40D,41D,42D,43D,44D,45D,47D,48D,49D,50D,51D,52D. The van der Waals surface area contributed by atoms with Crippen molar-refractivity contribution in [3.63, 3.8) is 0 Å². The maximum Gasteiger partial charge on any atom is 0.252 e. The number of anilines is 6. The molecule has 0 bridgehead atoms. The van der Waals surface area contributed by atoms with E-state index in [1.807, 2.05) is 48.5 Å². The largest absolute Gasteiger partial charge is 0.310 e. The van der Waals surface area contributed by atoms with Crippen LogP contribution in [0.25, 0.3) is 127 Å². The van der Waals surface area contributed by atoms with E-state index in [0.29, 0.717) is 72.8 Å². The van der Waals surface area contributed by atoms with Crippen LogP contribution in [0.15, 0.2) is 303 Å². The molecular formula is C122H122BN5. The highest BCUT2D eigenvalue weighted by Crippen LogP contribution is 2.58. The molecule has 18 aromatic rings. The molecule has 6 heteroatoms. The fraction of sp³-hybridized carbons (Fsp3) is 0.262. The summed E-state index contributed by atoms with van der Waals surface area (Å²) < 4.78 is 243. The van der Waals surface area contributed by atoms with Gasteiger partial charge in [0.25, 0.3) is 6.71 Å². The van der Waals surface area contributed by atoms with Gasteiger partial charge in [-0.05, 0) is 223 Å². The van der Waals surface area contributed by atoms with Crippen molar-refractivity contribution in [1.29, 1.82) is 0 Å². The molecule has 5 heterocycles. The predicted molar refractivity (Wildman–Crippen MR) is 555 cm³/mol. The lowest BCUT2D eigenvalue weighted by molar-refractivity contribution is 0.569. The Balaban J connectivity index is 1.13. The third-order valence-corrected chi connectivity index (χ3v) is 26.3. The Hall–Kier alpha value is -12.6. The summed E-state index contributed by atoms with van der Waals surface area (Å²) >= 11 is 0. The fourth-order valence-electron chi connectivity index (χ4n) is 19.4. The fourth-order valence-corrected chi connectivity index (χ4v) is 19.4. The highest BCUT2D eigenvalue weighted by Gasteiger charge is 2.48. The second-order valence-electron chi connectivity index (χ2n) is 43.4. The van der Waals surface area contributed by atoms with Gasteiger partial charge in [0, 0.05) is 88.7 Å². The van der Waals surface area contributed by atoms with Crippen LogP contribution >= 0.6 is 0 Å². The number of para-hydroxylation sites is 6. The number of benzene rings is 15. The summed E-state index contributed by atoms with van der Waals surface area (Å²) in [5, 5.41) is -1.20. The Morgan fingerprint density at radius 3 is 0.906 bits per heavy atom. The second kappa shape index (κ2) is 29.5. The topological polar surface area (TPSA) is 21.3 Å². The van der Waals surface area contributed by atoms with Gasteiger partial charge in [-0.1, -0.05) is 372 Å². The molecule has 0 aliphatic carbocycles. The van der Waals surface area contributed by atoms with Crippen LogP contribution in [0, 0.1) is 0 Å². The molecule has 0 saturated carbocycles. The molecule has 0 saturated heterocycles. The number of hydrogen-bond acceptors (Lipinski definition) is 2. The summed E-state index contributed by atoms with van der Waals surface area (Å²) in [6.45, 7) is 50.9. The third-order valence-electron chi connectivity index (χ3n) is 26.3. The van der Waals surface area contributed by atoms with Gasteiger partial charge >= 0.3 is 0 Å². The minimum atomic E-state index is -1.15. The van der Waals surface area contributed by atoms with Crippen LogP contribution in [0.5, 0.6) is 0 Å². The summed E-state index contributed by atoms with van der Waals surface area (Å²) in [5.74, 6) is 0. The summed E-state index contributed by atoms with van der Waals surface area (Å²) in [6.07, 6.45) is 0. The predicted octanol–water partition coefficient (Wildman–Crippen LogP) is 32.1. The number of nitrogens with zero attached hydrogens (tertiary/aromatic N) is 5. The normalized spacial score (nSPS) is 16.2. The molecule has 0 amide bonds. The molecule has 0 spiro atoms. The zero-order valence-electron chi connectivity index (χ0n) is 102. The van der Waals surface area contributed by atoms with E-state index in [9.17, 15) is 32.9 Å². The van der Waals surface area contributed by atoms with E-state index in [-0.39, 0.29) is 87.9 Å². The molecule has 0 fully saturated rings. The van der Waals surface area contributed by atoms with Gasteiger partial charge in [-0.2, -0.15) is 0 Å². The van der Waals surface area contributed by atoms with Crippen LogP contribution in [0.2, 0.25) is 0 Å². The van der Waals surface area contributed by atoms with Crippen molar-refractivity contribution in [3.05, 3.63) is 347 Å². The summed E-state index contributed by atoms with van der Waals surface area (Å²) in [5.41, 5.74) is 12.0. The Kier molecular flexibility index (Phi) is 13.8. The average Bonchev–Trinajstić information content (AvgIpc) is 1.07. The molecule has 20 rings (SSSR count). The van der Waals surface area contributed by atoms with E-state index < -0.39 is 190 Å². The molecule has 0 unspecified atom stereocenters. The van der Waals surface area contributed by atoms with Gasteiger partial charge in [-0.3, -0.25) is 0 Å². The van der Waals surface area contributed by atoms with Crippen molar-refractivity contribution < 1.29 is 32.9 Å². The third kappa shape index (κ3) is 13.9. The SMILES string of the molecule is [2H]c1c([2H])c([2H])c2c(c1[2H])c1c([2H])c([2H])c([2H])c([2H])c1n2-c1ccc2c(c1)N(c1c(-c3cc(C(C)(C)C)cc(C(C)(C)C)c3)cc(C(C)(C)C)cc1-c1ccccc1C(C)(C)C)c1cc(-n3c4c([2H])c([2H])c([2H])c([2H])c4c4c([2H])c([2H])c([2H])c([2H])c43)cc3c1B2c1ccc(-n2c4c([2H])c([2H])c([2H])c([2H])c4c4c([2H])c([2H])c([2H])c([2H])c42)cc1N3c1c(-c2ccc(C(C)(C)C)cc2)cc(C(C)(C)C)cc1-c1cc(C(C)(C)C)ccc1C(C)(C)C. The second-order valence-corrected chi connectivity index (χ2v) is 43.4. The van der Waals surface area contributed by atoms with E-state index in [4.69, 9.17) is 0 Å². The first-order valence-electron chi connectivity index (χ1n) is 56.5. The first-order valence-corrected chi connectivity index (χ1v) is 44.5. The van der Waals surface area contributed by atoms with Gasteiger partial charge in [0.1, 0.15) is 0 Å². The first-order chi connectivity index (χ1) is 70.5. The summed E-state index contributed by atoms with van der Waals surface area (Å²) in [4.78, 5) is 4.39. The van der Waals surface area contributed by atoms with Gasteiger partial charge in [0.2, 0.25) is 0 Å². The van der Waals surface area contributed by atoms with Crippen LogP contribution in [-0.4, -0.2) is 20.4 Å². The molecule has 638 valence electrons. The number of hydrogen-bond donors (Lipinski definition) is 0. The molecule has 128 heavy (non-hydrogen) atoms. The smallest absolute Gasteiger partial charge is 0.252 e. The van der Waals surface area contributed by atoms with Crippen molar-refractivity contribution in [2.75, 3.05) is 9.80 Å². The van der Waals surface area contributed by atoms with Crippen LogP contribution in [0.3, 0.4) is 0 Å². The van der Waals surface area contributed by atoms with Crippen molar-refractivity contribution >= 4 is 123 Å². The molecule has 2 aliphatic heterocycles. The zero-order valence-corrected chi connectivity index (χ0v) is 77.8. The van der Waals surface area contributed by atoms with E-state index >= 15 is 0 Å². The van der Waals surface area contributed by atoms with Crippen LogP contribution in [-0.2, 0) is 43.3 Å². The monoisotopic (exact) mass is 1690 g/mol. The minimum absolute atomic E-state index is 0.0638. The molecule has 0 N–H and O–H groups in total. The minimum Gasteiger partial charge on any atom is -0.310 e. The van der Waals surface area contributed by atoms with E-state index in [0.717, 1.165) is 66.8 Å². The number of rotatable bonds is 9. The summed E-state index contributed by atoms with van der Waals surface area (Å²) in [6, 6.07) is 39.3. The van der Waals surface area contributed by atoms with Crippen LogP contribution in [0.4, 0.5) is 34.1 Å². The van der Waals surface area contributed by atoms with E-state index in [1.54, 1.807) is 12.1 Å². The quantitative estimate of drug-likeness (QED) is 0.134. The van der Waals surface area contributed by atoms with Gasteiger partial charge < -0.3 is 23.5 Å². The zero-order chi connectivity index (χ0) is 111. The van der Waals surface area contributed by atoms with E-state index in [1.165, 1.54) is 13.7 Å². The van der Waals surface area contributed by atoms with Gasteiger partial charge in [0.15, 0.2) is 0 Å². The average molecular weight is 1690 g/mol. The lowest BCUT2D eigenvalue weighted by atomic mass is 9.33. The maximum atomic E-state index is 10.7. The Morgan fingerprint density at radius 2 is 0.531 bits per heavy atom. The van der Waals surface area contributed by atoms with E-state index in [2.05, 4.69) is 273 Å². The van der Waals surface area contributed by atoms with Crippen molar-refractivity contribution in [2.24, 2.45) is 0 Å². The van der Waals surface area contributed by atoms with Crippen LogP contribution < -0.4 is 26.2 Å². The van der Waals surface area contributed by atoms with Crippen molar-refractivity contribution in [1.82, 2.24) is 13.7 Å². The lowest BCUT2D eigenvalue weighted by Gasteiger charge is -2.46. The Bertz CT molecular complexity index is 8860. The molecule has 2 aliphatic rings. The molecule has 5 nitrogen and oxygen atoms in total. The van der Waals surface area contributed by atoms with Crippen LogP contribution in [0.1, 0.15) is 244 Å². The number of aromatic nitrogens is 3. The Labute approximate surface area is 793 Å². The van der Waals surface area contributed by atoms with Gasteiger partial charge in [-0.15, -0.1) is 0 Å². The highest BCUT2D eigenvalue weighted by atomic mass is 15.2. The maximum absolute atomic E-state index is 10.7. The highest BCUT2D eigenvalue weighted by molar-refractivity contribution is 7.00. The molecule has 0 radical (unpaired) electrons. The summed E-state index contributed by atoms with van der Waals surface area (Å²) in [7, 11) is 0. The molecule has 0 atom stereocenters. The Morgan fingerprint density at radius 1 is 0.227 bits per heavy atom. The molecule has 15 aromatic carbocycles. The van der Waals surface area contributed by atoms with Gasteiger partial charge in [0.05, 0.1) is 83.1 Å².